The van der Waals surface area contributed by atoms with E-state index in [1.165, 1.54) is 11.0 Å². The Morgan fingerprint density at radius 3 is 2.91 bits per heavy atom. The number of hydrogen-bond donors (Lipinski definition) is 1. The third kappa shape index (κ3) is 3.76. The van der Waals surface area contributed by atoms with E-state index in [0.29, 0.717) is 18.3 Å². The molecule has 0 unspecified atom stereocenters. The smallest absolute Gasteiger partial charge is 0.241 e. The Bertz CT molecular complexity index is 755. The van der Waals surface area contributed by atoms with Crippen LogP contribution in [-0.2, 0) is 11.3 Å². The lowest BCUT2D eigenvalue weighted by atomic mass is 10.2. The lowest BCUT2D eigenvalue weighted by molar-refractivity contribution is -0.121. The summed E-state index contributed by atoms with van der Waals surface area (Å²) in [5, 5.41) is 17.3. The van der Waals surface area contributed by atoms with Crippen LogP contribution in [0.1, 0.15) is 18.7 Å². The number of aromatic nitrogens is 6. The molecule has 23 heavy (non-hydrogen) atoms. The highest BCUT2D eigenvalue weighted by atomic mass is 16.5. The molecule has 0 spiro atoms. The number of hydrogen-bond acceptors (Lipinski definition) is 7. The molecule has 9 heteroatoms. The van der Waals surface area contributed by atoms with Crippen LogP contribution in [0.3, 0.4) is 0 Å². The van der Waals surface area contributed by atoms with E-state index >= 15 is 0 Å². The lowest BCUT2D eigenvalue weighted by Gasteiger charge is -2.08. The average Bonchev–Trinajstić information content (AvgIpc) is 3.25. The van der Waals surface area contributed by atoms with E-state index < -0.39 is 0 Å². The fourth-order valence-electron chi connectivity index (χ4n) is 1.95. The van der Waals surface area contributed by atoms with Gasteiger partial charge in [-0.15, -0.1) is 5.10 Å². The first-order chi connectivity index (χ1) is 11.2. The van der Waals surface area contributed by atoms with Crippen molar-refractivity contribution in [2.75, 3.05) is 6.54 Å². The molecule has 0 aliphatic carbocycles. The quantitative estimate of drug-likeness (QED) is 0.710. The highest BCUT2D eigenvalue weighted by Crippen LogP contribution is 2.18. The van der Waals surface area contributed by atoms with Gasteiger partial charge in [0.25, 0.3) is 0 Å². The van der Waals surface area contributed by atoms with Gasteiger partial charge in [0.2, 0.25) is 17.6 Å². The van der Waals surface area contributed by atoms with Crippen LogP contribution in [-0.4, -0.2) is 42.8 Å². The Balaban J connectivity index is 1.55. The molecule has 0 fully saturated rings. The van der Waals surface area contributed by atoms with Gasteiger partial charge < -0.3 is 9.84 Å². The minimum absolute atomic E-state index is 0.0683. The SMILES string of the molecule is C[C@H](CNC(=O)Cn1cnnn1)c1nc(-c2ccccc2)no1. The predicted octanol–water partition coefficient (Wildman–Crippen LogP) is 0.643. The van der Waals surface area contributed by atoms with Gasteiger partial charge in [-0.05, 0) is 10.4 Å². The molecule has 1 amide bonds. The van der Waals surface area contributed by atoms with Gasteiger partial charge in [0.1, 0.15) is 12.9 Å². The summed E-state index contributed by atoms with van der Waals surface area (Å²) in [6, 6.07) is 9.57. The Hall–Kier alpha value is -3.10. The molecule has 3 aromatic rings. The Kier molecular flexibility index (Phi) is 4.37. The van der Waals surface area contributed by atoms with Gasteiger partial charge in [0.15, 0.2) is 0 Å². The van der Waals surface area contributed by atoms with E-state index in [4.69, 9.17) is 4.52 Å². The second-order valence-corrected chi connectivity index (χ2v) is 5.03. The number of tetrazole rings is 1. The maximum atomic E-state index is 11.8. The Labute approximate surface area is 131 Å². The number of benzene rings is 1. The summed E-state index contributed by atoms with van der Waals surface area (Å²) in [6.45, 7) is 2.36. The van der Waals surface area contributed by atoms with E-state index in [0.717, 1.165) is 5.56 Å². The maximum absolute atomic E-state index is 11.8. The molecule has 1 atom stereocenters. The van der Waals surface area contributed by atoms with Crippen LogP contribution in [0.25, 0.3) is 11.4 Å². The first-order valence-electron chi connectivity index (χ1n) is 7.09. The molecule has 2 aromatic heterocycles. The van der Waals surface area contributed by atoms with Crippen molar-refractivity contribution in [3.05, 3.63) is 42.5 Å². The normalized spacial score (nSPS) is 12.0. The maximum Gasteiger partial charge on any atom is 0.241 e. The number of nitrogens with zero attached hydrogens (tertiary/aromatic N) is 6. The zero-order valence-electron chi connectivity index (χ0n) is 12.5. The third-order valence-corrected chi connectivity index (χ3v) is 3.20. The minimum atomic E-state index is -0.188. The summed E-state index contributed by atoms with van der Waals surface area (Å²) in [5.41, 5.74) is 0.886. The number of nitrogens with one attached hydrogen (secondary N) is 1. The van der Waals surface area contributed by atoms with E-state index in [-0.39, 0.29) is 18.4 Å². The molecule has 0 saturated carbocycles. The molecule has 2 heterocycles. The average molecular weight is 313 g/mol. The van der Waals surface area contributed by atoms with Crippen molar-refractivity contribution in [3.63, 3.8) is 0 Å². The Morgan fingerprint density at radius 1 is 1.35 bits per heavy atom. The lowest BCUT2D eigenvalue weighted by Crippen LogP contribution is -2.31. The molecule has 0 radical (unpaired) electrons. The van der Waals surface area contributed by atoms with Gasteiger partial charge in [-0.2, -0.15) is 4.98 Å². The molecule has 9 nitrogen and oxygen atoms in total. The molecule has 0 aliphatic rings. The van der Waals surface area contributed by atoms with Crippen molar-refractivity contribution in [1.82, 2.24) is 35.7 Å². The van der Waals surface area contributed by atoms with Gasteiger partial charge in [-0.3, -0.25) is 4.79 Å². The molecule has 118 valence electrons. The number of carbonyl (C=O) groups is 1. The fraction of sp³-hybridized carbons (Fsp3) is 0.286. The van der Waals surface area contributed by atoms with Crippen LogP contribution in [0.15, 0.2) is 41.2 Å². The number of carbonyl (C=O) groups excluding carboxylic acids is 1. The summed E-state index contributed by atoms with van der Waals surface area (Å²) < 4.78 is 6.62. The van der Waals surface area contributed by atoms with Gasteiger partial charge >= 0.3 is 0 Å². The first kappa shape index (κ1) is 14.8. The fourth-order valence-corrected chi connectivity index (χ4v) is 1.95. The summed E-state index contributed by atoms with van der Waals surface area (Å²) >= 11 is 0. The standard InChI is InChI=1S/C14H15N7O2/c1-10(7-15-12(22)8-21-9-16-19-20-21)14-17-13(18-23-14)11-5-3-2-4-6-11/h2-6,9-10H,7-8H2,1H3,(H,15,22)/t10-/m1/s1. The van der Waals surface area contributed by atoms with Crippen LogP contribution in [0.5, 0.6) is 0 Å². The predicted molar refractivity (Wildman–Crippen MR) is 79.0 cm³/mol. The molecule has 0 aliphatic heterocycles. The molecule has 0 bridgehead atoms. The number of amides is 1. The zero-order chi connectivity index (χ0) is 16.1. The van der Waals surface area contributed by atoms with E-state index in [1.54, 1.807) is 0 Å². The highest BCUT2D eigenvalue weighted by Gasteiger charge is 2.16. The van der Waals surface area contributed by atoms with Crippen LogP contribution in [0, 0.1) is 0 Å². The summed E-state index contributed by atoms with van der Waals surface area (Å²) in [4.78, 5) is 16.1. The molecule has 3 rings (SSSR count). The van der Waals surface area contributed by atoms with Crippen molar-refractivity contribution in [1.29, 1.82) is 0 Å². The molecular formula is C14H15N7O2. The van der Waals surface area contributed by atoms with E-state index in [9.17, 15) is 4.79 Å². The monoisotopic (exact) mass is 313 g/mol. The van der Waals surface area contributed by atoms with E-state index in [1.807, 2.05) is 37.3 Å². The summed E-state index contributed by atoms with van der Waals surface area (Å²) in [5.74, 6) is 0.726. The zero-order valence-corrected chi connectivity index (χ0v) is 12.5. The van der Waals surface area contributed by atoms with Gasteiger partial charge in [-0.25, -0.2) is 4.68 Å². The third-order valence-electron chi connectivity index (χ3n) is 3.20. The Morgan fingerprint density at radius 2 is 2.17 bits per heavy atom. The molecular weight excluding hydrogens is 298 g/mol. The first-order valence-corrected chi connectivity index (χ1v) is 7.09. The highest BCUT2D eigenvalue weighted by molar-refractivity contribution is 5.75. The second-order valence-electron chi connectivity index (χ2n) is 5.03. The van der Waals surface area contributed by atoms with Crippen LogP contribution in [0.2, 0.25) is 0 Å². The van der Waals surface area contributed by atoms with Crippen molar-refractivity contribution < 1.29 is 9.32 Å². The largest absolute Gasteiger partial charge is 0.354 e. The van der Waals surface area contributed by atoms with Crippen LogP contribution < -0.4 is 5.32 Å². The van der Waals surface area contributed by atoms with Crippen molar-refractivity contribution in [3.8, 4) is 11.4 Å². The topological polar surface area (TPSA) is 112 Å². The molecule has 1 N–H and O–H groups in total. The van der Waals surface area contributed by atoms with Gasteiger partial charge in [0.05, 0.1) is 5.92 Å². The second kappa shape index (κ2) is 6.77. The van der Waals surface area contributed by atoms with E-state index in [2.05, 4.69) is 31.0 Å². The van der Waals surface area contributed by atoms with Crippen molar-refractivity contribution >= 4 is 5.91 Å². The summed E-state index contributed by atoms with van der Waals surface area (Å²) in [7, 11) is 0. The number of rotatable bonds is 6. The summed E-state index contributed by atoms with van der Waals surface area (Å²) in [6.07, 6.45) is 1.38. The van der Waals surface area contributed by atoms with Crippen LogP contribution in [0.4, 0.5) is 0 Å². The minimum Gasteiger partial charge on any atom is -0.354 e. The van der Waals surface area contributed by atoms with Gasteiger partial charge in [-0.1, -0.05) is 42.4 Å². The molecule has 0 saturated heterocycles. The van der Waals surface area contributed by atoms with Crippen molar-refractivity contribution in [2.24, 2.45) is 0 Å². The molecule has 1 aromatic carbocycles. The van der Waals surface area contributed by atoms with Crippen LogP contribution >= 0.6 is 0 Å². The van der Waals surface area contributed by atoms with Crippen molar-refractivity contribution in [2.45, 2.75) is 19.4 Å². The van der Waals surface area contributed by atoms with Gasteiger partial charge in [0, 0.05) is 12.1 Å².